The van der Waals surface area contributed by atoms with Gasteiger partial charge in [0.25, 0.3) is 0 Å². The minimum atomic E-state index is 0.780. The Balaban J connectivity index is 2.86. The van der Waals surface area contributed by atoms with Crippen LogP contribution in [0.25, 0.3) is 10.9 Å². The van der Waals surface area contributed by atoms with Gasteiger partial charge in [0.1, 0.15) is 0 Å². The van der Waals surface area contributed by atoms with E-state index in [0.29, 0.717) is 0 Å². The Morgan fingerprint density at radius 1 is 1.45 bits per heavy atom. The molecule has 0 N–H and O–H groups in total. The molecule has 0 saturated heterocycles. The van der Waals surface area contributed by atoms with Crippen molar-refractivity contribution in [2.75, 3.05) is 0 Å². The minimum absolute atomic E-state index is 0.780. The first kappa shape index (κ1) is 6.09. The van der Waals surface area contributed by atoms with Crippen molar-refractivity contribution in [1.29, 1.82) is 0 Å². The van der Waals surface area contributed by atoms with Crippen LogP contribution in [0.5, 0.6) is 0 Å². The largest absolute Gasteiger partial charge is 0.290 e. The molecule has 2 rings (SSSR count). The Labute approximate surface area is 63.3 Å². The van der Waals surface area contributed by atoms with E-state index in [1.54, 1.807) is 18.6 Å². The van der Waals surface area contributed by atoms with E-state index in [-0.39, 0.29) is 0 Å². The quantitative estimate of drug-likeness (QED) is 0.564. The molecule has 3 heteroatoms. The summed E-state index contributed by atoms with van der Waals surface area (Å²) in [5.74, 6) is 0. The van der Waals surface area contributed by atoms with Crippen molar-refractivity contribution in [3.8, 4) is 0 Å². The van der Waals surface area contributed by atoms with Crippen LogP contribution in [0.1, 0.15) is 0 Å². The third kappa shape index (κ3) is 0.816. The Morgan fingerprint density at radius 3 is 3.18 bits per heavy atom. The van der Waals surface area contributed by atoms with E-state index in [4.69, 9.17) is 0 Å². The van der Waals surface area contributed by atoms with E-state index in [9.17, 15) is 4.79 Å². The SMILES string of the molecule is O=Cn1ccc2cnccc21. The summed E-state index contributed by atoms with van der Waals surface area (Å²) in [6, 6.07) is 3.67. The van der Waals surface area contributed by atoms with E-state index in [0.717, 1.165) is 17.3 Å². The molecule has 0 atom stereocenters. The second-order valence-electron chi connectivity index (χ2n) is 2.26. The lowest BCUT2D eigenvalue weighted by Crippen LogP contribution is -1.90. The van der Waals surface area contributed by atoms with Crippen molar-refractivity contribution in [3.05, 3.63) is 30.7 Å². The summed E-state index contributed by atoms with van der Waals surface area (Å²) in [6.45, 7) is 0. The molecule has 0 amide bonds. The number of rotatable bonds is 1. The van der Waals surface area contributed by atoms with Crippen LogP contribution in [0.4, 0.5) is 0 Å². The van der Waals surface area contributed by atoms with Crippen molar-refractivity contribution >= 4 is 17.3 Å². The molecule has 0 spiro atoms. The number of aromatic nitrogens is 2. The van der Waals surface area contributed by atoms with Crippen LogP contribution in [0.3, 0.4) is 0 Å². The fourth-order valence-corrected chi connectivity index (χ4v) is 1.10. The Kier molecular flexibility index (Phi) is 1.22. The van der Waals surface area contributed by atoms with Gasteiger partial charge in [-0.3, -0.25) is 14.3 Å². The molecule has 54 valence electrons. The molecule has 0 unspecified atom stereocenters. The van der Waals surface area contributed by atoms with Gasteiger partial charge in [-0.1, -0.05) is 0 Å². The van der Waals surface area contributed by atoms with Crippen LogP contribution in [0, 0.1) is 0 Å². The summed E-state index contributed by atoms with van der Waals surface area (Å²) in [5.41, 5.74) is 0.898. The average molecular weight is 146 g/mol. The first-order valence-electron chi connectivity index (χ1n) is 3.27. The number of nitrogens with zero attached hydrogens (tertiary/aromatic N) is 2. The predicted molar refractivity (Wildman–Crippen MR) is 41.9 cm³/mol. The van der Waals surface area contributed by atoms with Gasteiger partial charge in [-0.05, 0) is 12.1 Å². The standard InChI is InChI=1S/C8H6N2O/c11-6-10-4-2-7-5-9-3-1-8(7)10/h1-6H. The topological polar surface area (TPSA) is 34.9 Å². The number of carbonyl (C=O) groups excluding carboxylic acids is 1. The van der Waals surface area contributed by atoms with Gasteiger partial charge in [-0.2, -0.15) is 0 Å². The normalized spacial score (nSPS) is 10.2. The van der Waals surface area contributed by atoms with Gasteiger partial charge in [-0.25, -0.2) is 0 Å². The molecule has 0 bridgehead atoms. The van der Waals surface area contributed by atoms with E-state index in [2.05, 4.69) is 4.98 Å². The first-order valence-corrected chi connectivity index (χ1v) is 3.27. The lowest BCUT2D eigenvalue weighted by molar-refractivity contribution is 0.549. The van der Waals surface area contributed by atoms with Crippen molar-refractivity contribution in [2.24, 2.45) is 0 Å². The van der Waals surface area contributed by atoms with E-state index in [1.807, 2.05) is 12.1 Å². The zero-order chi connectivity index (χ0) is 7.68. The second-order valence-corrected chi connectivity index (χ2v) is 2.26. The smallest absolute Gasteiger partial charge is 0.218 e. The molecule has 2 heterocycles. The summed E-state index contributed by atoms with van der Waals surface area (Å²) in [4.78, 5) is 14.4. The van der Waals surface area contributed by atoms with Crippen molar-refractivity contribution < 1.29 is 4.79 Å². The Morgan fingerprint density at radius 2 is 2.36 bits per heavy atom. The van der Waals surface area contributed by atoms with E-state index >= 15 is 0 Å². The molecule has 0 saturated carbocycles. The number of fused-ring (bicyclic) bond motifs is 1. The minimum Gasteiger partial charge on any atom is -0.290 e. The van der Waals surface area contributed by atoms with Crippen LogP contribution in [-0.4, -0.2) is 16.0 Å². The monoisotopic (exact) mass is 146 g/mol. The number of hydrogen-bond donors (Lipinski definition) is 0. The molecule has 2 aromatic heterocycles. The zero-order valence-corrected chi connectivity index (χ0v) is 5.77. The fraction of sp³-hybridized carbons (Fsp3) is 0. The van der Waals surface area contributed by atoms with Gasteiger partial charge >= 0.3 is 0 Å². The van der Waals surface area contributed by atoms with E-state index < -0.39 is 0 Å². The molecule has 0 aliphatic carbocycles. The highest BCUT2D eigenvalue weighted by molar-refractivity contribution is 5.84. The summed E-state index contributed by atoms with van der Waals surface area (Å²) in [5, 5.41) is 0.986. The molecule has 0 aromatic carbocycles. The summed E-state index contributed by atoms with van der Waals surface area (Å²) >= 11 is 0. The molecule has 3 nitrogen and oxygen atoms in total. The highest BCUT2D eigenvalue weighted by Gasteiger charge is 1.96. The van der Waals surface area contributed by atoms with Crippen LogP contribution in [-0.2, 0) is 4.79 Å². The van der Waals surface area contributed by atoms with Crippen LogP contribution < -0.4 is 0 Å². The molecule has 2 aromatic rings. The zero-order valence-electron chi connectivity index (χ0n) is 5.77. The molecule has 0 aliphatic heterocycles. The Hall–Kier alpha value is -1.64. The molecule has 0 radical (unpaired) electrons. The summed E-state index contributed by atoms with van der Waals surface area (Å²) in [6.07, 6.45) is 5.90. The van der Waals surface area contributed by atoms with Gasteiger partial charge in [0.05, 0.1) is 5.52 Å². The molecule has 0 aliphatic rings. The number of hydrogen-bond acceptors (Lipinski definition) is 2. The third-order valence-corrected chi connectivity index (χ3v) is 1.63. The van der Waals surface area contributed by atoms with Crippen LogP contribution >= 0.6 is 0 Å². The highest BCUT2D eigenvalue weighted by atomic mass is 16.1. The van der Waals surface area contributed by atoms with Gasteiger partial charge in [0, 0.05) is 24.0 Å². The maximum absolute atomic E-state index is 10.4. The van der Waals surface area contributed by atoms with Crippen LogP contribution in [0.15, 0.2) is 30.7 Å². The van der Waals surface area contributed by atoms with E-state index in [1.165, 1.54) is 4.57 Å². The van der Waals surface area contributed by atoms with Crippen molar-refractivity contribution in [1.82, 2.24) is 9.55 Å². The second kappa shape index (κ2) is 2.20. The lowest BCUT2D eigenvalue weighted by Gasteiger charge is -1.90. The van der Waals surface area contributed by atoms with Gasteiger partial charge in [0.2, 0.25) is 6.41 Å². The van der Waals surface area contributed by atoms with Gasteiger partial charge < -0.3 is 0 Å². The molecule has 0 fully saturated rings. The average Bonchev–Trinajstić information content (AvgIpc) is 2.47. The molecular formula is C8H6N2O. The maximum atomic E-state index is 10.4. The fourth-order valence-electron chi connectivity index (χ4n) is 1.10. The number of carbonyl (C=O) groups is 1. The van der Waals surface area contributed by atoms with Gasteiger partial charge in [-0.15, -0.1) is 0 Å². The third-order valence-electron chi connectivity index (χ3n) is 1.63. The summed E-state index contributed by atoms with van der Waals surface area (Å²) < 4.78 is 1.52. The van der Waals surface area contributed by atoms with Crippen molar-refractivity contribution in [3.63, 3.8) is 0 Å². The molecule has 11 heavy (non-hydrogen) atoms. The van der Waals surface area contributed by atoms with Crippen molar-refractivity contribution in [2.45, 2.75) is 0 Å². The number of pyridine rings is 1. The Bertz CT molecular complexity index is 392. The van der Waals surface area contributed by atoms with Gasteiger partial charge in [0.15, 0.2) is 0 Å². The van der Waals surface area contributed by atoms with Crippen LogP contribution in [0.2, 0.25) is 0 Å². The summed E-state index contributed by atoms with van der Waals surface area (Å²) in [7, 11) is 0. The predicted octanol–water partition coefficient (Wildman–Crippen LogP) is 1.07. The highest BCUT2D eigenvalue weighted by Crippen LogP contribution is 2.11. The lowest BCUT2D eigenvalue weighted by atomic mass is 10.3. The maximum Gasteiger partial charge on any atom is 0.218 e. The molecular weight excluding hydrogens is 140 g/mol. The first-order chi connectivity index (χ1) is 5.42.